The zero-order valence-electron chi connectivity index (χ0n) is 17.5. The largest absolute Gasteiger partial charge is 0.455 e. The van der Waals surface area contributed by atoms with Crippen LogP contribution in [0.25, 0.3) is 16.4 Å². The maximum absolute atomic E-state index is 13.5. The first-order chi connectivity index (χ1) is 14.2. The van der Waals surface area contributed by atoms with E-state index in [-0.39, 0.29) is 17.6 Å². The van der Waals surface area contributed by atoms with Gasteiger partial charge in [0.2, 0.25) is 0 Å². The average molecular weight is 429 g/mol. The Morgan fingerprint density at radius 3 is 2.70 bits per heavy atom. The molecule has 1 atom stereocenters. The summed E-state index contributed by atoms with van der Waals surface area (Å²) in [6.45, 7) is 9.54. The summed E-state index contributed by atoms with van der Waals surface area (Å²) < 4.78 is 7.31. The second-order valence-corrected chi connectivity index (χ2v) is 9.06. The minimum atomic E-state index is -0.647. The molecular formula is C22H25ClN4O3. The number of esters is 1. The summed E-state index contributed by atoms with van der Waals surface area (Å²) in [6, 6.07) is 7.17. The van der Waals surface area contributed by atoms with E-state index in [4.69, 9.17) is 16.3 Å². The number of fused-ring (bicyclic) bond motifs is 3. The number of ether oxygens (including phenoxy) is 1. The second-order valence-electron chi connectivity index (χ2n) is 8.62. The predicted octanol–water partition coefficient (Wildman–Crippen LogP) is 3.53. The third-order valence-corrected chi connectivity index (χ3v) is 5.41. The number of benzene rings is 1. The van der Waals surface area contributed by atoms with Crippen molar-refractivity contribution in [2.24, 2.45) is 0 Å². The quantitative estimate of drug-likeness (QED) is 0.632. The fourth-order valence-corrected chi connectivity index (χ4v) is 3.97. The molecule has 2 aromatic heterocycles. The van der Waals surface area contributed by atoms with Crippen molar-refractivity contribution >= 4 is 39.9 Å². The van der Waals surface area contributed by atoms with Crippen LogP contribution < -0.4 is 5.32 Å². The van der Waals surface area contributed by atoms with Crippen LogP contribution in [0, 0.1) is 0 Å². The number of nitrogens with zero attached hydrogens (tertiary/aromatic N) is 3. The van der Waals surface area contributed by atoms with Crippen molar-refractivity contribution in [2.45, 2.75) is 39.3 Å². The summed E-state index contributed by atoms with van der Waals surface area (Å²) in [5, 5.41) is 4.56. The summed E-state index contributed by atoms with van der Waals surface area (Å²) >= 11 is 6.26. The van der Waals surface area contributed by atoms with Gasteiger partial charge in [0, 0.05) is 36.1 Å². The lowest BCUT2D eigenvalue weighted by atomic mass is 10.0. The summed E-state index contributed by atoms with van der Waals surface area (Å²) in [7, 11) is 0. The van der Waals surface area contributed by atoms with Crippen LogP contribution in [0.3, 0.4) is 0 Å². The van der Waals surface area contributed by atoms with Crippen molar-refractivity contribution in [3.8, 4) is 0 Å². The van der Waals surface area contributed by atoms with Crippen LogP contribution >= 0.6 is 11.6 Å². The highest BCUT2D eigenvalue weighted by molar-refractivity contribution is 6.31. The van der Waals surface area contributed by atoms with Gasteiger partial charge in [-0.3, -0.25) is 9.20 Å². The van der Waals surface area contributed by atoms with Crippen LogP contribution in [-0.4, -0.2) is 57.4 Å². The van der Waals surface area contributed by atoms with Gasteiger partial charge >= 0.3 is 5.97 Å². The predicted molar refractivity (Wildman–Crippen MR) is 116 cm³/mol. The van der Waals surface area contributed by atoms with Gasteiger partial charge in [-0.2, -0.15) is 0 Å². The number of amides is 1. The molecule has 0 radical (unpaired) electrons. The summed E-state index contributed by atoms with van der Waals surface area (Å²) in [4.78, 5) is 32.4. The Kier molecular flexibility index (Phi) is 5.20. The van der Waals surface area contributed by atoms with E-state index in [1.165, 1.54) is 0 Å². The molecule has 1 fully saturated rings. The van der Waals surface area contributed by atoms with Crippen molar-refractivity contribution in [2.75, 3.05) is 19.6 Å². The SMILES string of the molecule is CC1CNCCN1C(=O)c1cc2c(C(=O)OC(C)(C)C)ncn2c2ccc(Cl)cc12. The lowest BCUT2D eigenvalue weighted by molar-refractivity contribution is 0.00656. The molecule has 0 bridgehead atoms. The maximum Gasteiger partial charge on any atom is 0.359 e. The van der Waals surface area contributed by atoms with Crippen molar-refractivity contribution < 1.29 is 14.3 Å². The van der Waals surface area contributed by atoms with E-state index in [1.807, 2.05) is 17.9 Å². The lowest BCUT2D eigenvalue weighted by Gasteiger charge is -2.34. The van der Waals surface area contributed by atoms with Crippen molar-refractivity contribution in [3.63, 3.8) is 0 Å². The minimum absolute atomic E-state index is 0.0620. The highest BCUT2D eigenvalue weighted by Crippen LogP contribution is 2.29. The van der Waals surface area contributed by atoms with E-state index < -0.39 is 11.6 Å². The van der Waals surface area contributed by atoms with Crippen LogP contribution in [0.4, 0.5) is 0 Å². The number of halogens is 1. The maximum atomic E-state index is 13.5. The molecule has 4 rings (SSSR count). The average Bonchev–Trinajstić information content (AvgIpc) is 3.10. The van der Waals surface area contributed by atoms with Crippen molar-refractivity contribution in [1.29, 1.82) is 0 Å². The third-order valence-electron chi connectivity index (χ3n) is 5.18. The number of imidazole rings is 1. The Hall–Kier alpha value is -2.64. The van der Waals surface area contributed by atoms with Crippen LogP contribution in [0.15, 0.2) is 30.6 Å². The number of piperazine rings is 1. The minimum Gasteiger partial charge on any atom is -0.455 e. The van der Waals surface area contributed by atoms with E-state index in [1.54, 1.807) is 49.7 Å². The Morgan fingerprint density at radius 2 is 2.00 bits per heavy atom. The first-order valence-corrected chi connectivity index (χ1v) is 10.4. The van der Waals surface area contributed by atoms with E-state index >= 15 is 0 Å². The van der Waals surface area contributed by atoms with E-state index in [0.29, 0.717) is 22.6 Å². The highest BCUT2D eigenvalue weighted by Gasteiger charge is 2.28. The molecule has 1 aliphatic heterocycles. The molecule has 1 saturated heterocycles. The molecular weight excluding hydrogens is 404 g/mol. The Balaban J connectivity index is 1.91. The standard InChI is InChI=1S/C22H25ClN4O3/c1-13-11-24-7-8-26(13)20(28)16-10-18-19(21(29)30-22(2,3)4)25-12-27(18)17-6-5-14(23)9-15(16)17/h5-6,9-10,12-13,24H,7-8,11H2,1-4H3. The second kappa shape index (κ2) is 7.56. The number of carbonyl (C=O) groups excluding carboxylic acids is 2. The smallest absolute Gasteiger partial charge is 0.359 e. The topological polar surface area (TPSA) is 75.9 Å². The highest BCUT2D eigenvalue weighted by atomic mass is 35.5. The Morgan fingerprint density at radius 1 is 1.23 bits per heavy atom. The zero-order valence-corrected chi connectivity index (χ0v) is 18.3. The first-order valence-electron chi connectivity index (χ1n) is 10.00. The molecule has 8 heteroatoms. The molecule has 0 saturated carbocycles. The van der Waals surface area contributed by atoms with Gasteiger partial charge in [-0.05, 0) is 52.0 Å². The lowest BCUT2D eigenvalue weighted by Crippen LogP contribution is -2.52. The van der Waals surface area contributed by atoms with Gasteiger partial charge in [0.15, 0.2) is 5.69 Å². The van der Waals surface area contributed by atoms with Crippen molar-refractivity contribution in [1.82, 2.24) is 19.6 Å². The molecule has 7 nitrogen and oxygen atoms in total. The van der Waals surface area contributed by atoms with Gasteiger partial charge in [-0.15, -0.1) is 0 Å². The van der Waals surface area contributed by atoms with Gasteiger partial charge in [-0.1, -0.05) is 11.6 Å². The fraction of sp³-hybridized carbons (Fsp3) is 0.409. The van der Waals surface area contributed by atoms with Gasteiger partial charge in [0.1, 0.15) is 11.9 Å². The summed E-state index contributed by atoms with van der Waals surface area (Å²) in [5.74, 6) is -0.609. The van der Waals surface area contributed by atoms with E-state index in [0.717, 1.165) is 24.0 Å². The van der Waals surface area contributed by atoms with Gasteiger partial charge < -0.3 is 15.0 Å². The number of nitrogens with one attached hydrogen (secondary N) is 1. The molecule has 30 heavy (non-hydrogen) atoms. The fourth-order valence-electron chi connectivity index (χ4n) is 3.79. The molecule has 1 N–H and O–H groups in total. The Bertz CT molecular complexity index is 1150. The normalized spacial score (nSPS) is 17.5. The number of carbonyl (C=O) groups is 2. The van der Waals surface area contributed by atoms with E-state index in [9.17, 15) is 9.59 Å². The number of rotatable bonds is 2. The van der Waals surface area contributed by atoms with Gasteiger partial charge in [0.25, 0.3) is 5.91 Å². The number of aromatic nitrogens is 2. The van der Waals surface area contributed by atoms with Gasteiger partial charge in [-0.25, -0.2) is 9.78 Å². The third kappa shape index (κ3) is 3.75. The molecule has 1 amide bonds. The molecule has 158 valence electrons. The van der Waals surface area contributed by atoms with E-state index in [2.05, 4.69) is 10.3 Å². The first kappa shape index (κ1) is 20.6. The molecule has 3 aromatic rings. The Labute approximate surface area is 180 Å². The van der Waals surface area contributed by atoms with Crippen LogP contribution in [-0.2, 0) is 4.74 Å². The monoisotopic (exact) mass is 428 g/mol. The van der Waals surface area contributed by atoms with Crippen LogP contribution in [0.2, 0.25) is 5.02 Å². The summed E-state index contributed by atoms with van der Waals surface area (Å²) in [6.07, 6.45) is 1.58. The zero-order chi connectivity index (χ0) is 21.6. The summed E-state index contributed by atoms with van der Waals surface area (Å²) in [5.41, 5.74) is 1.32. The number of hydrogen-bond acceptors (Lipinski definition) is 5. The van der Waals surface area contributed by atoms with Crippen molar-refractivity contribution in [3.05, 3.63) is 46.9 Å². The molecule has 1 aromatic carbocycles. The molecule has 0 aliphatic carbocycles. The number of pyridine rings is 1. The molecule has 3 heterocycles. The van der Waals surface area contributed by atoms with Gasteiger partial charge in [0.05, 0.1) is 16.6 Å². The van der Waals surface area contributed by atoms with Crippen LogP contribution in [0.5, 0.6) is 0 Å². The molecule has 0 spiro atoms. The number of hydrogen-bond donors (Lipinski definition) is 1. The molecule has 1 aliphatic rings. The van der Waals surface area contributed by atoms with Crippen LogP contribution in [0.1, 0.15) is 48.5 Å². The molecule has 1 unspecified atom stereocenters.